The molecule has 2 fully saturated rings. The van der Waals surface area contributed by atoms with Crippen molar-refractivity contribution in [3.05, 3.63) is 29.3 Å². The van der Waals surface area contributed by atoms with E-state index in [2.05, 4.69) is 13.0 Å². The zero-order valence-corrected chi connectivity index (χ0v) is 21.0. The molecule has 0 bridgehead atoms. The van der Waals surface area contributed by atoms with E-state index >= 15 is 0 Å². The number of hydrogen-bond donors (Lipinski definition) is 2. The molecule has 140 valence electrons. The second-order valence-corrected chi connectivity index (χ2v) is 8.66. The summed E-state index contributed by atoms with van der Waals surface area (Å²) < 4.78 is 34.1. The number of aryl methyl sites for hydroxylation is 1. The van der Waals surface area contributed by atoms with Crippen LogP contribution in [0.2, 0.25) is 0 Å². The number of phenolic OH excluding ortho intramolecular Hbond substituents is 1. The van der Waals surface area contributed by atoms with Gasteiger partial charge in [0.05, 0.1) is 6.10 Å². The quantitative estimate of drug-likeness (QED) is 0.256. The van der Waals surface area contributed by atoms with Gasteiger partial charge in [0.15, 0.2) is 0 Å². The fourth-order valence-electron chi connectivity index (χ4n) is 5.54. The van der Waals surface area contributed by atoms with Crippen molar-refractivity contribution in [2.24, 2.45) is 17.3 Å². The molecule has 0 amide bonds. The predicted octanol–water partition coefficient (Wildman–Crippen LogP) is -3.72. The summed E-state index contributed by atoms with van der Waals surface area (Å²) in [5.74, 6) is 2.49. The zero-order chi connectivity index (χ0) is 18.4. The van der Waals surface area contributed by atoms with E-state index in [0.29, 0.717) is 17.6 Å². The molecule has 0 radical (unpaired) electrons. The maximum atomic E-state index is 10.4. The average molecular weight is 414 g/mol. The smallest absolute Gasteiger partial charge is 0.759 e. The van der Waals surface area contributed by atoms with Crippen LogP contribution in [0.3, 0.4) is 0 Å². The van der Waals surface area contributed by atoms with Gasteiger partial charge in [-0.15, -0.1) is 0 Å². The van der Waals surface area contributed by atoms with Crippen molar-refractivity contribution in [1.82, 2.24) is 0 Å². The van der Waals surface area contributed by atoms with Crippen molar-refractivity contribution in [2.45, 2.75) is 57.5 Å². The van der Waals surface area contributed by atoms with Gasteiger partial charge in [-0.3, -0.25) is 8.42 Å². The molecule has 3 aliphatic rings. The fourth-order valence-corrected chi connectivity index (χ4v) is 5.54. The molecule has 0 heterocycles. The SMILES string of the molecule is C[C@]12CCC3c4ccc(O)cc4CCC3C1CC[C@@H]2O.O=S(=O)([O-])[O-].[Na+].[Na+]. The van der Waals surface area contributed by atoms with Crippen molar-refractivity contribution in [3.8, 4) is 5.75 Å². The Labute approximate surface area is 205 Å². The molecule has 9 heteroatoms. The monoisotopic (exact) mass is 414 g/mol. The van der Waals surface area contributed by atoms with Crippen molar-refractivity contribution < 1.29 is 86.9 Å². The molecule has 6 nitrogen and oxygen atoms in total. The largest absolute Gasteiger partial charge is 1.00 e. The van der Waals surface area contributed by atoms with Crippen LogP contribution in [0, 0.1) is 17.3 Å². The third-order valence-corrected chi connectivity index (χ3v) is 6.66. The van der Waals surface area contributed by atoms with Crippen molar-refractivity contribution in [2.75, 3.05) is 0 Å². The summed E-state index contributed by atoms with van der Waals surface area (Å²) in [5.41, 5.74) is 2.99. The van der Waals surface area contributed by atoms with E-state index in [-0.39, 0.29) is 70.6 Å². The number of aliphatic hydroxyl groups excluding tert-OH is 1. The normalized spacial score (nSPS) is 33.8. The molecule has 1 aromatic carbocycles. The molecule has 0 spiro atoms. The van der Waals surface area contributed by atoms with Gasteiger partial charge in [0.2, 0.25) is 0 Å². The molecule has 2 saturated carbocycles. The third kappa shape index (κ3) is 5.72. The minimum Gasteiger partial charge on any atom is -0.759 e. The molecule has 1 aromatic rings. The van der Waals surface area contributed by atoms with Crippen molar-refractivity contribution in [1.29, 1.82) is 0 Å². The minimum atomic E-state index is -5.17. The van der Waals surface area contributed by atoms with Crippen LogP contribution < -0.4 is 59.1 Å². The van der Waals surface area contributed by atoms with Crippen LogP contribution in [0.25, 0.3) is 0 Å². The van der Waals surface area contributed by atoms with Gasteiger partial charge in [-0.05, 0) is 85.0 Å². The van der Waals surface area contributed by atoms with E-state index in [0.717, 1.165) is 25.2 Å². The van der Waals surface area contributed by atoms with Crippen LogP contribution >= 0.6 is 0 Å². The Hall–Kier alpha value is 0.850. The predicted molar refractivity (Wildman–Crippen MR) is 89.2 cm³/mol. The summed E-state index contributed by atoms with van der Waals surface area (Å²) in [7, 11) is -5.17. The van der Waals surface area contributed by atoms with Crippen LogP contribution in [0.15, 0.2) is 18.2 Å². The summed E-state index contributed by atoms with van der Waals surface area (Å²) in [6.07, 6.45) is 6.78. The topological polar surface area (TPSA) is 121 Å². The molecule has 0 aromatic heterocycles. The summed E-state index contributed by atoms with van der Waals surface area (Å²) in [6, 6.07) is 5.96. The first-order chi connectivity index (χ1) is 11.6. The molecule has 0 saturated heterocycles. The Balaban J connectivity index is 0.000000468. The van der Waals surface area contributed by atoms with Gasteiger partial charge in [-0.1, -0.05) is 13.0 Å². The van der Waals surface area contributed by atoms with Gasteiger partial charge >= 0.3 is 59.1 Å². The van der Waals surface area contributed by atoms with E-state index < -0.39 is 10.4 Å². The van der Waals surface area contributed by atoms with Crippen LogP contribution in [-0.4, -0.2) is 33.8 Å². The van der Waals surface area contributed by atoms with E-state index in [1.54, 1.807) is 0 Å². The minimum absolute atomic E-state index is 0. The Kier molecular flexibility index (Phi) is 9.37. The van der Waals surface area contributed by atoms with E-state index in [4.69, 9.17) is 17.5 Å². The number of fused-ring (bicyclic) bond motifs is 5. The van der Waals surface area contributed by atoms with Crippen molar-refractivity contribution in [3.63, 3.8) is 0 Å². The zero-order valence-electron chi connectivity index (χ0n) is 16.2. The fraction of sp³-hybridized carbons (Fsp3) is 0.667. The Morgan fingerprint density at radius 3 is 2.37 bits per heavy atom. The van der Waals surface area contributed by atoms with E-state index in [1.165, 1.54) is 30.4 Å². The van der Waals surface area contributed by atoms with Gasteiger partial charge in [0.25, 0.3) is 0 Å². The number of phenols is 1. The van der Waals surface area contributed by atoms with Gasteiger partial charge < -0.3 is 19.3 Å². The summed E-state index contributed by atoms with van der Waals surface area (Å²) in [6.45, 7) is 2.32. The van der Waals surface area contributed by atoms with Crippen LogP contribution in [0.4, 0.5) is 0 Å². The average Bonchev–Trinajstić information content (AvgIpc) is 2.81. The summed E-state index contributed by atoms with van der Waals surface area (Å²) >= 11 is 0. The first-order valence-electron chi connectivity index (χ1n) is 8.76. The van der Waals surface area contributed by atoms with Crippen molar-refractivity contribution >= 4 is 10.4 Å². The van der Waals surface area contributed by atoms with Crippen LogP contribution in [0.1, 0.15) is 56.1 Å². The molecule has 2 N–H and O–H groups in total. The molecular formula is C18H24Na2O6S. The first-order valence-corrected chi connectivity index (χ1v) is 10.1. The van der Waals surface area contributed by atoms with Gasteiger partial charge in [-0.25, -0.2) is 0 Å². The van der Waals surface area contributed by atoms with Gasteiger partial charge in [0.1, 0.15) is 5.75 Å². The number of aromatic hydroxyl groups is 1. The van der Waals surface area contributed by atoms with E-state index in [1.807, 2.05) is 12.1 Å². The maximum absolute atomic E-state index is 10.4. The molecular weight excluding hydrogens is 390 g/mol. The Morgan fingerprint density at radius 2 is 1.74 bits per heavy atom. The second-order valence-electron chi connectivity index (χ2n) is 7.84. The summed E-state index contributed by atoms with van der Waals surface area (Å²) in [5, 5.41) is 20.0. The number of hydrogen-bond acceptors (Lipinski definition) is 6. The van der Waals surface area contributed by atoms with Crippen LogP contribution in [-0.2, 0) is 16.8 Å². The number of aliphatic hydroxyl groups is 1. The van der Waals surface area contributed by atoms with E-state index in [9.17, 15) is 10.2 Å². The Bertz CT molecular complexity index is 748. The molecule has 4 rings (SSSR count). The standard InChI is InChI=1S/C18H24O2.2Na.H2O4S/c1-18-9-8-14-13-5-3-12(19)10-11(13)2-4-15(14)16(18)6-7-17(18)20;;;1-5(2,3)4/h3,5,10,14-17,19-20H,2,4,6-9H2,1H3;;;(H2,1,2,3,4)/q;2*+1;/p-2/t14?,15?,16?,17-,18-;;;/m0.../s1. The molecule has 0 aliphatic heterocycles. The molecule has 27 heavy (non-hydrogen) atoms. The maximum Gasteiger partial charge on any atom is 1.00 e. The van der Waals surface area contributed by atoms with Gasteiger partial charge in [-0.2, -0.15) is 0 Å². The Morgan fingerprint density at radius 1 is 1.11 bits per heavy atom. The number of benzene rings is 1. The summed E-state index contributed by atoms with van der Waals surface area (Å²) in [4.78, 5) is 0. The first kappa shape index (κ1) is 25.9. The van der Waals surface area contributed by atoms with Gasteiger partial charge in [0, 0.05) is 10.4 Å². The molecule has 3 unspecified atom stereocenters. The second kappa shape index (κ2) is 9.77. The third-order valence-electron chi connectivity index (χ3n) is 6.66. The molecule has 3 aliphatic carbocycles. The molecule has 5 atom stereocenters. The van der Waals surface area contributed by atoms with Crippen LogP contribution in [0.5, 0.6) is 5.75 Å². The number of rotatable bonds is 0.